The summed E-state index contributed by atoms with van der Waals surface area (Å²) in [6.07, 6.45) is 8.22. The van der Waals surface area contributed by atoms with E-state index in [0.717, 1.165) is 12.3 Å². The van der Waals surface area contributed by atoms with Crippen molar-refractivity contribution >= 4 is 22.7 Å². The minimum absolute atomic E-state index is 0.473. The van der Waals surface area contributed by atoms with Crippen LogP contribution in [0.4, 0.5) is 0 Å². The van der Waals surface area contributed by atoms with Gasteiger partial charge in [0.05, 0.1) is 0 Å². The molecule has 2 atom stereocenters. The fourth-order valence-corrected chi connectivity index (χ4v) is 4.99. The van der Waals surface area contributed by atoms with E-state index in [0.29, 0.717) is 12.1 Å². The van der Waals surface area contributed by atoms with Gasteiger partial charge in [0.25, 0.3) is 0 Å². The lowest BCUT2D eigenvalue weighted by atomic mass is 9.84. The molecule has 0 radical (unpaired) electrons. The van der Waals surface area contributed by atoms with Crippen LogP contribution in [0.1, 0.15) is 54.8 Å². The molecule has 0 aliphatic heterocycles. The van der Waals surface area contributed by atoms with Gasteiger partial charge in [-0.1, -0.05) is 31.4 Å². The Hall–Kier alpha value is -0.640. The molecule has 0 amide bonds. The van der Waals surface area contributed by atoms with Crippen LogP contribution < -0.4 is 5.32 Å². The molecule has 0 saturated heterocycles. The lowest BCUT2D eigenvalue weighted by molar-refractivity contribution is 0.265. The molecule has 21 heavy (non-hydrogen) atoms. The molecule has 114 valence electrons. The summed E-state index contributed by atoms with van der Waals surface area (Å²) >= 11 is 3.76. The van der Waals surface area contributed by atoms with Crippen LogP contribution in [0.3, 0.4) is 0 Å². The summed E-state index contributed by atoms with van der Waals surface area (Å²) in [6.45, 7) is 2.39. The third-order valence-corrected chi connectivity index (χ3v) is 6.58. The van der Waals surface area contributed by atoms with Crippen LogP contribution in [-0.2, 0) is 6.42 Å². The Morgan fingerprint density at radius 2 is 1.86 bits per heavy atom. The predicted molar refractivity (Wildman–Crippen MR) is 94.3 cm³/mol. The Kier molecular flexibility index (Phi) is 5.50. The van der Waals surface area contributed by atoms with Crippen molar-refractivity contribution in [3.63, 3.8) is 0 Å². The average molecular weight is 320 g/mol. The third kappa shape index (κ3) is 4.18. The Morgan fingerprint density at radius 1 is 1.10 bits per heavy atom. The zero-order valence-electron chi connectivity index (χ0n) is 12.8. The van der Waals surface area contributed by atoms with Gasteiger partial charge in [-0.15, -0.1) is 22.7 Å². The summed E-state index contributed by atoms with van der Waals surface area (Å²) in [5, 5.41) is 8.33. The van der Waals surface area contributed by atoms with Crippen LogP contribution in [-0.4, -0.2) is 6.04 Å². The molecule has 3 heteroatoms. The molecule has 0 spiro atoms. The zero-order chi connectivity index (χ0) is 14.5. The van der Waals surface area contributed by atoms with Crippen LogP contribution in [0.15, 0.2) is 35.0 Å². The molecule has 2 heterocycles. The Labute approximate surface area is 136 Å². The van der Waals surface area contributed by atoms with Crippen LogP contribution in [0, 0.1) is 5.92 Å². The van der Waals surface area contributed by atoms with E-state index in [9.17, 15) is 0 Å². The molecule has 1 fully saturated rings. The molecule has 2 aromatic rings. The van der Waals surface area contributed by atoms with Gasteiger partial charge < -0.3 is 5.32 Å². The van der Waals surface area contributed by atoms with Gasteiger partial charge in [0.1, 0.15) is 0 Å². The topological polar surface area (TPSA) is 12.0 Å². The molecule has 1 N–H and O–H groups in total. The molecular formula is C18H25NS2. The highest BCUT2D eigenvalue weighted by atomic mass is 32.1. The Bertz CT molecular complexity index is 497. The maximum absolute atomic E-state index is 3.94. The van der Waals surface area contributed by atoms with Gasteiger partial charge >= 0.3 is 0 Å². The van der Waals surface area contributed by atoms with Crippen LogP contribution in [0.2, 0.25) is 0 Å². The summed E-state index contributed by atoms with van der Waals surface area (Å²) in [6, 6.07) is 9.98. The van der Waals surface area contributed by atoms with Crippen molar-refractivity contribution in [2.24, 2.45) is 5.92 Å². The minimum atomic E-state index is 0.473. The summed E-state index contributed by atoms with van der Waals surface area (Å²) < 4.78 is 0. The standard InChI is InChI=1S/C18H25NS2/c1-14(15-7-3-2-4-8-15)19-17(18-10-6-12-21-18)13-16-9-5-11-20-16/h5-6,9-12,14-15,17,19H,2-4,7-8,13H2,1H3/t14-,17?/m0/s1. The van der Waals surface area contributed by atoms with Crippen LogP contribution in [0.25, 0.3) is 0 Å². The van der Waals surface area contributed by atoms with Crippen molar-refractivity contribution in [2.75, 3.05) is 0 Å². The smallest absolute Gasteiger partial charge is 0.0465 e. The highest BCUT2D eigenvalue weighted by Gasteiger charge is 2.23. The van der Waals surface area contributed by atoms with E-state index < -0.39 is 0 Å². The molecule has 2 aromatic heterocycles. The SMILES string of the molecule is C[C@H](NC(Cc1cccs1)c1cccs1)C1CCCCC1. The highest BCUT2D eigenvalue weighted by Crippen LogP contribution is 2.30. The van der Waals surface area contributed by atoms with Crippen molar-refractivity contribution in [1.29, 1.82) is 0 Å². The van der Waals surface area contributed by atoms with E-state index in [1.54, 1.807) is 0 Å². The zero-order valence-corrected chi connectivity index (χ0v) is 14.4. The van der Waals surface area contributed by atoms with Crippen molar-refractivity contribution in [3.8, 4) is 0 Å². The first-order valence-corrected chi connectivity index (χ1v) is 9.90. The molecule has 1 nitrogen and oxygen atoms in total. The molecule has 1 saturated carbocycles. The molecular weight excluding hydrogens is 294 g/mol. The van der Waals surface area contributed by atoms with Gasteiger partial charge in [0.2, 0.25) is 0 Å². The summed E-state index contributed by atoms with van der Waals surface area (Å²) in [5.41, 5.74) is 0. The quantitative estimate of drug-likeness (QED) is 0.725. The van der Waals surface area contributed by atoms with E-state index in [-0.39, 0.29) is 0 Å². The molecule has 0 bridgehead atoms. The third-order valence-electron chi connectivity index (χ3n) is 4.69. The lowest BCUT2D eigenvalue weighted by Gasteiger charge is -2.31. The van der Waals surface area contributed by atoms with Gasteiger partial charge in [-0.25, -0.2) is 0 Å². The van der Waals surface area contributed by atoms with E-state index in [2.05, 4.69) is 47.3 Å². The first-order valence-electron chi connectivity index (χ1n) is 8.15. The lowest BCUT2D eigenvalue weighted by Crippen LogP contribution is -2.37. The van der Waals surface area contributed by atoms with Crippen molar-refractivity contribution in [1.82, 2.24) is 5.32 Å². The first-order chi connectivity index (χ1) is 10.3. The number of thiophene rings is 2. The van der Waals surface area contributed by atoms with Crippen molar-refractivity contribution in [3.05, 3.63) is 44.8 Å². The minimum Gasteiger partial charge on any atom is -0.306 e. The van der Waals surface area contributed by atoms with Gasteiger partial charge in [-0.3, -0.25) is 0 Å². The van der Waals surface area contributed by atoms with Crippen LogP contribution in [0.5, 0.6) is 0 Å². The van der Waals surface area contributed by atoms with Crippen molar-refractivity contribution in [2.45, 2.75) is 57.5 Å². The second kappa shape index (κ2) is 7.57. The maximum atomic E-state index is 3.94. The molecule has 1 aliphatic carbocycles. The predicted octanol–water partition coefficient (Wildman–Crippen LogP) is 5.65. The normalized spacial score (nSPS) is 19.5. The monoisotopic (exact) mass is 319 g/mol. The van der Waals surface area contributed by atoms with Gasteiger partial charge in [0.15, 0.2) is 0 Å². The van der Waals surface area contributed by atoms with Gasteiger partial charge in [-0.05, 0) is 48.6 Å². The average Bonchev–Trinajstić information content (AvgIpc) is 3.21. The van der Waals surface area contributed by atoms with E-state index in [4.69, 9.17) is 0 Å². The van der Waals surface area contributed by atoms with Crippen molar-refractivity contribution < 1.29 is 0 Å². The number of rotatable bonds is 6. The summed E-state index contributed by atoms with van der Waals surface area (Å²) in [4.78, 5) is 2.96. The molecule has 1 aliphatic rings. The van der Waals surface area contributed by atoms with E-state index in [1.807, 2.05) is 22.7 Å². The van der Waals surface area contributed by atoms with E-state index in [1.165, 1.54) is 41.9 Å². The van der Waals surface area contributed by atoms with E-state index >= 15 is 0 Å². The number of nitrogens with one attached hydrogen (secondary N) is 1. The largest absolute Gasteiger partial charge is 0.306 e. The summed E-state index contributed by atoms with van der Waals surface area (Å²) in [5.74, 6) is 0.865. The number of hydrogen-bond acceptors (Lipinski definition) is 3. The Morgan fingerprint density at radius 3 is 2.52 bits per heavy atom. The Balaban J connectivity index is 1.66. The summed E-state index contributed by atoms with van der Waals surface area (Å²) in [7, 11) is 0. The second-order valence-electron chi connectivity index (χ2n) is 6.20. The maximum Gasteiger partial charge on any atom is 0.0465 e. The van der Waals surface area contributed by atoms with Gasteiger partial charge in [0, 0.05) is 28.3 Å². The second-order valence-corrected chi connectivity index (χ2v) is 8.22. The number of hydrogen-bond donors (Lipinski definition) is 1. The molecule has 0 aromatic carbocycles. The highest BCUT2D eigenvalue weighted by molar-refractivity contribution is 7.10. The molecule has 1 unspecified atom stereocenters. The van der Waals surface area contributed by atoms with Crippen LogP contribution >= 0.6 is 22.7 Å². The molecule has 3 rings (SSSR count). The van der Waals surface area contributed by atoms with Gasteiger partial charge in [-0.2, -0.15) is 0 Å². The fraction of sp³-hybridized carbons (Fsp3) is 0.556. The first kappa shape index (κ1) is 15.3. The fourth-order valence-electron chi connectivity index (χ4n) is 3.45.